The summed E-state index contributed by atoms with van der Waals surface area (Å²) in [5, 5.41) is 4.16. The molecule has 5 heteroatoms. The van der Waals surface area contributed by atoms with E-state index in [4.69, 9.17) is 11.6 Å². The van der Waals surface area contributed by atoms with Crippen LogP contribution in [0.2, 0.25) is 5.02 Å². The second kappa shape index (κ2) is 10.6. The van der Waals surface area contributed by atoms with Gasteiger partial charge in [0.2, 0.25) is 5.91 Å². The molecule has 1 saturated carbocycles. The van der Waals surface area contributed by atoms with Crippen LogP contribution in [0.15, 0.2) is 29.2 Å². The summed E-state index contributed by atoms with van der Waals surface area (Å²) in [5.41, 5.74) is 0. The third-order valence-electron chi connectivity index (χ3n) is 5.62. The zero-order valence-corrected chi connectivity index (χ0v) is 17.2. The smallest absolute Gasteiger partial charge is 0.223 e. The molecule has 1 amide bonds. The first-order chi connectivity index (χ1) is 12.7. The van der Waals surface area contributed by atoms with Crippen LogP contribution in [0, 0.1) is 5.92 Å². The second-order valence-corrected chi connectivity index (χ2v) is 9.14. The number of rotatable bonds is 7. The van der Waals surface area contributed by atoms with Gasteiger partial charge in [-0.05, 0) is 69.6 Å². The Balaban J connectivity index is 1.30. The molecule has 2 fully saturated rings. The molecular weight excluding hydrogens is 364 g/mol. The highest BCUT2D eigenvalue weighted by Crippen LogP contribution is 2.27. The minimum absolute atomic E-state index is 0.227. The molecule has 144 valence electrons. The predicted molar refractivity (Wildman–Crippen MR) is 111 cm³/mol. The van der Waals surface area contributed by atoms with Gasteiger partial charge in [0.25, 0.3) is 0 Å². The molecule has 0 radical (unpaired) electrons. The summed E-state index contributed by atoms with van der Waals surface area (Å²) < 4.78 is 0. The third kappa shape index (κ3) is 6.17. The predicted octanol–water partition coefficient (Wildman–Crippen LogP) is 4.98. The average Bonchev–Trinajstić information content (AvgIpc) is 2.68. The van der Waals surface area contributed by atoms with Crippen LogP contribution >= 0.6 is 23.4 Å². The van der Waals surface area contributed by atoms with Gasteiger partial charge >= 0.3 is 0 Å². The van der Waals surface area contributed by atoms with Crippen LogP contribution in [0.3, 0.4) is 0 Å². The van der Waals surface area contributed by atoms with Gasteiger partial charge in [0.05, 0.1) is 5.02 Å². The summed E-state index contributed by atoms with van der Waals surface area (Å²) in [6.07, 6.45) is 9.41. The summed E-state index contributed by atoms with van der Waals surface area (Å²) in [7, 11) is 0. The van der Waals surface area contributed by atoms with Gasteiger partial charge in [-0.1, -0.05) is 43.0 Å². The molecule has 1 aromatic carbocycles. The molecule has 2 aliphatic rings. The second-order valence-electron chi connectivity index (χ2n) is 7.59. The molecule has 1 heterocycles. The number of carbonyl (C=O) groups is 1. The van der Waals surface area contributed by atoms with Gasteiger partial charge in [-0.2, -0.15) is 0 Å². The van der Waals surface area contributed by atoms with Gasteiger partial charge < -0.3 is 10.2 Å². The van der Waals surface area contributed by atoms with Gasteiger partial charge in [0.1, 0.15) is 0 Å². The Morgan fingerprint density at radius 3 is 2.58 bits per heavy atom. The van der Waals surface area contributed by atoms with E-state index < -0.39 is 0 Å². The molecule has 3 rings (SSSR count). The normalized spacial score (nSPS) is 20.2. The van der Waals surface area contributed by atoms with Crippen LogP contribution in [0.1, 0.15) is 51.4 Å². The zero-order valence-electron chi connectivity index (χ0n) is 15.6. The Morgan fingerprint density at radius 2 is 1.85 bits per heavy atom. The van der Waals surface area contributed by atoms with Gasteiger partial charge in [0.15, 0.2) is 0 Å². The Hall–Kier alpha value is -0.710. The molecule has 3 nitrogen and oxygen atoms in total. The number of carbonyl (C=O) groups excluding carboxylic acids is 1. The van der Waals surface area contributed by atoms with Crippen LogP contribution in [0.5, 0.6) is 0 Å². The molecular formula is C21H31ClN2OS. The van der Waals surface area contributed by atoms with E-state index in [-0.39, 0.29) is 5.92 Å². The Bertz CT molecular complexity index is 569. The standard InChI is InChI=1S/C21H31ClN2OS/c22-19-9-4-5-10-20(19)26-16-6-13-24-14-11-17(12-15-24)21(25)23-18-7-2-1-3-8-18/h4-5,9-10,17-18H,1-3,6-8,11-16H2,(H,23,25). The molecule has 1 saturated heterocycles. The number of hydrogen-bond donors (Lipinski definition) is 1. The minimum atomic E-state index is 0.227. The molecule has 1 N–H and O–H groups in total. The van der Waals surface area contributed by atoms with Gasteiger partial charge in [0, 0.05) is 16.9 Å². The van der Waals surface area contributed by atoms with Crippen molar-refractivity contribution >= 4 is 29.3 Å². The van der Waals surface area contributed by atoms with Gasteiger partial charge in [-0.25, -0.2) is 0 Å². The van der Waals surface area contributed by atoms with Gasteiger partial charge in [-0.15, -0.1) is 11.8 Å². The maximum absolute atomic E-state index is 12.5. The topological polar surface area (TPSA) is 32.3 Å². The molecule has 1 aliphatic carbocycles. The van der Waals surface area contributed by atoms with Crippen molar-refractivity contribution in [2.45, 2.75) is 62.3 Å². The molecule has 0 bridgehead atoms. The quantitative estimate of drug-likeness (QED) is 0.522. The van der Waals surface area contributed by atoms with Gasteiger partial charge in [-0.3, -0.25) is 4.79 Å². The molecule has 0 unspecified atom stereocenters. The number of hydrogen-bond acceptors (Lipinski definition) is 3. The molecule has 0 atom stereocenters. The number of piperidine rings is 1. The van der Waals surface area contributed by atoms with Crippen molar-refractivity contribution < 1.29 is 4.79 Å². The lowest BCUT2D eigenvalue weighted by Crippen LogP contribution is -2.44. The Kier molecular flexibility index (Phi) is 8.15. The number of halogens is 1. The fraction of sp³-hybridized carbons (Fsp3) is 0.667. The molecule has 26 heavy (non-hydrogen) atoms. The number of benzene rings is 1. The highest BCUT2D eigenvalue weighted by Gasteiger charge is 2.26. The molecule has 0 aromatic heterocycles. The lowest BCUT2D eigenvalue weighted by atomic mass is 9.92. The summed E-state index contributed by atoms with van der Waals surface area (Å²) in [4.78, 5) is 16.2. The molecule has 1 aromatic rings. The van der Waals surface area contributed by atoms with Crippen LogP contribution < -0.4 is 5.32 Å². The molecule has 0 spiro atoms. The Labute approximate surface area is 167 Å². The zero-order chi connectivity index (χ0) is 18.2. The molecule has 1 aliphatic heterocycles. The van der Waals surface area contributed by atoms with Crippen molar-refractivity contribution in [2.24, 2.45) is 5.92 Å². The SMILES string of the molecule is O=C(NC1CCCCC1)C1CCN(CCCSc2ccccc2Cl)CC1. The van der Waals surface area contributed by atoms with Crippen LogP contribution in [0.25, 0.3) is 0 Å². The lowest BCUT2D eigenvalue weighted by Gasteiger charge is -2.32. The third-order valence-corrected chi connectivity index (χ3v) is 7.22. The van der Waals surface area contributed by atoms with Crippen molar-refractivity contribution in [3.63, 3.8) is 0 Å². The van der Waals surface area contributed by atoms with E-state index in [0.717, 1.165) is 49.7 Å². The summed E-state index contributed by atoms with van der Waals surface area (Å²) in [5.74, 6) is 1.63. The van der Waals surface area contributed by atoms with E-state index in [1.165, 1.54) is 37.0 Å². The summed E-state index contributed by atoms with van der Waals surface area (Å²) >= 11 is 8.04. The van der Waals surface area contributed by atoms with Crippen molar-refractivity contribution in [3.8, 4) is 0 Å². The maximum Gasteiger partial charge on any atom is 0.223 e. The fourth-order valence-corrected chi connectivity index (χ4v) is 5.19. The first-order valence-corrected chi connectivity index (χ1v) is 11.5. The van der Waals surface area contributed by atoms with E-state index in [1.807, 2.05) is 30.0 Å². The Morgan fingerprint density at radius 1 is 1.12 bits per heavy atom. The van der Waals surface area contributed by atoms with E-state index >= 15 is 0 Å². The van der Waals surface area contributed by atoms with Crippen molar-refractivity contribution in [1.82, 2.24) is 10.2 Å². The number of likely N-dealkylation sites (tertiary alicyclic amines) is 1. The first kappa shape index (κ1) is 20.0. The highest BCUT2D eigenvalue weighted by molar-refractivity contribution is 7.99. The van der Waals surface area contributed by atoms with Crippen LogP contribution in [-0.4, -0.2) is 42.2 Å². The number of nitrogens with one attached hydrogen (secondary N) is 1. The van der Waals surface area contributed by atoms with E-state index in [0.29, 0.717) is 11.9 Å². The minimum Gasteiger partial charge on any atom is -0.353 e. The number of thioether (sulfide) groups is 1. The van der Waals surface area contributed by atoms with E-state index in [9.17, 15) is 4.79 Å². The maximum atomic E-state index is 12.5. The van der Waals surface area contributed by atoms with E-state index in [2.05, 4.69) is 16.3 Å². The van der Waals surface area contributed by atoms with Crippen LogP contribution in [0.4, 0.5) is 0 Å². The van der Waals surface area contributed by atoms with Crippen molar-refractivity contribution in [2.75, 3.05) is 25.4 Å². The average molecular weight is 395 g/mol. The number of amides is 1. The van der Waals surface area contributed by atoms with E-state index in [1.54, 1.807) is 0 Å². The highest BCUT2D eigenvalue weighted by atomic mass is 35.5. The summed E-state index contributed by atoms with van der Waals surface area (Å²) in [6, 6.07) is 8.49. The monoisotopic (exact) mass is 394 g/mol. The summed E-state index contributed by atoms with van der Waals surface area (Å²) in [6.45, 7) is 3.23. The number of nitrogens with zero attached hydrogens (tertiary/aromatic N) is 1. The van der Waals surface area contributed by atoms with Crippen molar-refractivity contribution in [1.29, 1.82) is 0 Å². The lowest BCUT2D eigenvalue weighted by molar-refractivity contribution is -0.127. The van der Waals surface area contributed by atoms with Crippen molar-refractivity contribution in [3.05, 3.63) is 29.3 Å². The first-order valence-electron chi connectivity index (χ1n) is 10.1. The largest absolute Gasteiger partial charge is 0.353 e. The fourth-order valence-electron chi connectivity index (χ4n) is 4.02. The van der Waals surface area contributed by atoms with Crippen LogP contribution in [-0.2, 0) is 4.79 Å².